The second-order valence-corrected chi connectivity index (χ2v) is 6.79. The molecule has 0 fully saturated rings. The highest BCUT2D eigenvalue weighted by Gasteiger charge is 2.21. The Morgan fingerprint density at radius 3 is 2.74 bits per heavy atom. The molecule has 1 aliphatic rings. The molecule has 142 valence electrons. The monoisotopic (exact) mass is 391 g/mol. The van der Waals surface area contributed by atoms with Gasteiger partial charge in [0.15, 0.2) is 11.9 Å². The molecule has 1 aliphatic heterocycles. The largest absolute Gasteiger partial charge is 0.467 e. The number of carbonyl (C=O) groups excluding carboxylic acids is 1. The molecule has 27 heavy (non-hydrogen) atoms. The van der Waals surface area contributed by atoms with E-state index in [9.17, 15) is 14.9 Å². The lowest BCUT2D eigenvalue weighted by Gasteiger charge is -2.20. The summed E-state index contributed by atoms with van der Waals surface area (Å²) in [6, 6.07) is 4.59. The molecule has 0 aliphatic carbocycles. The Morgan fingerprint density at radius 2 is 2.04 bits per heavy atom. The van der Waals surface area contributed by atoms with E-state index in [0.29, 0.717) is 22.0 Å². The van der Waals surface area contributed by atoms with Gasteiger partial charge in [-0.15, -0.1) is 0 Å². The fourth-order valence-corrected chi connectivity index (χ4v) is 3.32. The van der Waals surface area contributed by atoms with Crippen molar-refractivity contribution in [3.05, 3.63) is 50.8 Å². The van der Waals surface area contributed by atoms with Crippen LogP contribution in [0.1, 0.15) is 22.5 Å². The van der Waals surface area contributed by atoms with E-state index in [2.05, 4.69) is 9.97 Å². The fourth-order valence-electron chi connectivity index (χ4n) is 2.57. The SMILES string of the molecule is Cc1cc(C)nc(SCC(=O)OCc2cc([N+](=O)[O-])cc3c2OCOC3)n1. The van der Waals surface area contributed by atoms with E-state index in [1.807, 2.05) is 19.9 Å². The van der Waals surface area contributed by atoms with Gasteiger partial charge in [-0.25, -0.2) is 9.97 Å². The van der Waals surface area contributed by atoms with E-state index in [-0.39, 0.29) is 31.4 Å². The number of non-ortho nitro benzene ring substituents is 1. The van der Waals surface area contributed by atoms with Gasteiger partial charge in [-0.05, 0) is 19.9 Å². The number of ether oxygens (including phenoxy) is 3. The van der Waals surface area contributed by atoms with Crippen LogP contribution in [-0.4, -0.2) is 33.4 Å². The quantitative estimate of drug-likeness (QED) is 0.241. The maximum Gasteiger partial charge on any atom is 0.316 e. The number of rotatable bonds is 6. The van der Waals surface area contributed by atoms with Gasteiger partial charge < -0.3 is 14.2 Å². The van der Waals surface area contributed by atoms with Crippen LogP contribution in [0.15, 0.2) is 23.4 Å². The van der Waals surface area contributed by atoms with Gasteiger partial charge in [-0.3, -0.25) is 14.9 Å². The molecule has 9 nitrogen and oxygen atoms in total. The number of nitrogens with zero attached hydrogens (tertiary/aromatic N) is 3. The number of hydrogen-bond acceptors (Lipinski definition) is 9. The standard InChI is InChI=1S/C17H17N3O6S/c1-10-3-11(2)19-17(18-10)27-8-15(21)25-7-13-5-14(20(22)23)4-12-6-24-9-26-16(12)13/h3-5H,6-9H2,1-2H3. The third-order valence-corrected chi connectivity index (χ3v) is 4.47. The van der Waals surface area contributed by atoms with Gasteiger partial charge in [0.05, 0.1) is 17.3 Å². The van der Waals surface area contributed by atoms with Crippen LogP contribution in [-0.2, 0) is 27.5 Å². The van der Waals surface area contributed by atoms with Gasteiger partial charge in [0.2, 0.25) is 0 Å². The second kappa shape index (κ2) is 8.31. The summed E-state index contributed by atoms with van der Waals surface area (Å²) in [5.74, 6) is 0.0179. The number of nitro groups is 1. The van der Waals surface area contributed by atoms with Gasteiger partial charge in [0.1, 0.15) is 12.4 Å². The average Bonchev–Trinajstić information content (AvgIpc) is 2.63. The Kier molecular flexibility index (Phi) is 5.87. The minimum atomic E-state index is -0.506. The highest BCUT2D eigenvalue weighted by Crippen LogP contribution is 2.33. The minimum absolute atomic E-state index is 0.0317. The topological polar surface area (TPSA) is 114 Å². The van der Waals surface area contributed by atoms with Gasteiger partial charge in [0.25, 0.3) is 5.69 Å². The number of esters is 1. The van der Waals surface area contributed by atoms with Gasteiger partial charge in [0, 0.05) is 34.6 Å². The van der Waals surface area contributed by atoms with Crippen molar-refractivity contribution >= 4 is 23.4 Å². The number of thioether (sulfide) groups is 1. The number of fused-ring (bicyclic) bond motifs is 1. The van der Waals surface area contributed by atoms with E-state index >= 15 is 0 Å². The Morgan fingerprint density at radius 1 is 1.30 bits per heavy atom. The number of aromatic nitrogens is 2. The smallest absolute Gasteiger partial charge is 0.316 e. The minimum Gasteiger partial charge on any atom is -0.467 e. The first-order valence-corrected chi connectivity index (χ1v) is 9.02. The average molecular weight is 391 g/mol. The Labute approximate surface area is 159 Å². The molecule has 2 heterocycles. The summed E-state index contributed by atoms with van der Waals surface area (Å²) in [6.45, 7) is 3.83. The molecule has 0 N–H and O–H groups in total. The highest BCUT2D eigenvalue weighted by atomic mass is 32.2. The summed E-state index contributed by atoms with van der Waals surface area (Å²) in [5.41, 5.74) is 2.52. The molecule has 0 bridgehead atoms. The predicted molar refractivity (Wildman–Crippen MR) is 95.4 cm³/mol. The number of nitro benzene ring substituents is 1. The Balaban J connectivity index is 1.64. The van der Waals surface area contributed by atoms with Gasteiger partial charge in [-0.2, -0.15) is 0 Å². The first-order chi connectivity index (χ1) is 12.9. The van der Waals surface area contributed by atoms with Crippen LogP contribution in [0.5, 0.6) is 5.75 Å². The van der Waals surface area contributed by atoms with Crippen molar-refractivity contribution in [2.24, 2.45) is 0 Å². The molecule has 0 radical (unpaired) electrons. The highest BCUT2D eigenvalue weighted by molar-refractivity contribution is 7.99. The van der Waals surface area contributed by atoms with Crippen molar-refractivity contribution in [1.82, 2.24) is 9.97 Å². The molecule has 0 atom stereocenters. The maximum absolute atomic E-state index is 12.0. The van der Waals surface area contributed by atoms with Crippen LogP contribution < -0.4 is 4.74 Å². The summed E-state index contributed by atoms with van der Waals surface area (Å²) in [4.78, 5) is 31.1. The molecular weight excluding hydrogens is 374 g/mol. The van der Waals surface area contributed by atoms with Crippen molar-refractivity contribution < 1.29 is 23.9 Å². The van der Waals surface area contributed by atoms with E-state index in [4.69, 9.17) is 14.2 Å². The first-order valence-electron chi connectivity index (χ1n) is 8.04. The van der Waals surface area contributed by atoms with E-state index in [1.165, 1.54) is 23.9 Å². The molecule has 0 saturated carbocycles. The second-order valence-electron chi connectivity index (χ2n) is 5.84. The molecule has 0 saturated heterocycles. The summed E-state index contributed by atoms with van der Waals surface area (Å²) in [7, 11) is 0. The molecule has 10 heteroatoms. The van der Waals surface area contributed by atoms with Crippen molar-refractivity contribution in [3.8, 4) is 5.75 Å². The molecule has 0 amide bonds. The van der Waals surface area contributed by atoms with Crippen LogP contribution in [0.25, 0.3) is 0 Å². The van der Waals surface area contributed by atoms with Crippen LogP contribution in [0, 0.1) is 24.0 Å². The summed E-state index contributed by atoms with van der Waals surface area (Å²) in [6.07, 6.45) is 0. The number of hydrogen-bond donors (Lipinski definition) is 0. The Bertz CT molecular complexity index is 869. The van der Waals surface area contributed by atoms with Crippen molar-refractivity contribution in [3.63, 3.8) is 0 Å². The molecule has 1 aromatic heterocycles. The fraction of sp³-hybridized carbons (Fsp3) is 0.353. The summed E-state index contributed by atoms with van der Waals surface area (Å²) >= 11 is 1.17. The van der Waals surface area contributed by atoms with Crippen molar-refractivity contribution in [2.45, 2.75) is 32.2 Å². The zero-order valence-corrected chi connectivity index (χ0v) is 15.6. The van der Waals surface area contributed by atoms with Crippen molar-refractivity contribution in [2.75, 3.05) is 12.5 Å². The van der Waals surface area contributed by atoms with Gasteiger partial charge in [-0.1, -0.05) is 11.8 Å². The number of aryl methyl sites for hydroxylation is 2. The molecule has 0 unspecified atom stereocenters. The zero-order valence-electron chi connectivity index (χ0n) is 14.8. The lowest BCUT2D eigenvalue weighted by Crippen LogP contribution is -2.15. The van der Waals surface area contributed by atoms with E-state index in [0.717, 1.165) is 11.4 Å². The first kappa shape index (κ1) is 19.1. The third kappa shape index (κ3) is 4.92. The number of carbonyl (C=O) groups is 1. The van der Waals surface area contributed by atoms with Crippen LogP contribution in [0.2, 0.25) is 0 Å². The molecule has 3 rings (SSSR count). The van der Waals surface area contributed by atoms with E-state index < -0.39 is 10.9 Å². The summed E-state index contributed by atoms with van der Waals surface area (Å²) in [5, 5.41) is 11.6. The van der Waals surface area contributed by atoms with Crippen LogP contribution in [0.3, 0.4) is 0 Å². The third-order valence-electron chi connectivity index (χ3n) is 3.65. The van der Waals surface area contributed by atoms with Crippen molar-refractivity contribution in [1.29, 1.82) is 0 Å². The van der Waals surface area contributed by atoms with Gasteiger partial charge >= 0.3 is 5.97 Å². The maximum atomic E-state index is 12.0. The molecule has 1 aromatic carbocycles. The van der Waals surface area contributed by atoms with E-state index in [1.54, 1.807) is 0 Å². The number of benzene rings is 1. The molecule has 0 spiro atoms. The Hall–Kier alpha value is -2.72. The zero-order chi connectivity index (χ0) is 19.4. The van der Waals surface area contributed by atoms with Crippen LogP contribution >= 0.6 is 11.8 Å². The predicted octanol–water partition coefficient (Wildman–Crippen LogP) is 2.70. The molecule has 2 aromatic rings. The van der Waals surface area contributed by atoms with Crippen LogP contribution in [0.4, 0.5) is 5.69 Å². The molecular formula is C17H17N3O6S. The summed E-state index contributed by atoms with van der Waals surface area (Å²) < 4.78 is 15.8. The lowest BCUT2D eigenvalue weighted by atomic mass is 10.1. The lowest BCUT2D eigenvalue weighted by molar-refractivity contribution is -0.385. The normalized spacial score (nSPS) is 12.8.